The van der Waals surface area contributed by atoms with Crippen molar-refractivity contribution in [2.75, 3.05) is 11.1 Å². The van der Waals surface area contributed by atoms with Gasteiger partial charge in [0.05, 0.1) is 10.8 Å². The lowest BCUT2D eigenvalue weighted by Gasteiger charge is -2.10. The highest BCUT2D eigenvalue weighted by Gasteiger charge is 2.13. The quantitative estimate of drug-likeness (QED) is 0.346. The predicted molar refractivity (Wildman–Crippen MR) is 121 cm³/mol. The Morgan fingerprint density at radius 1 is 0.968 bits per heavy atom. The molecule has 1 amide bonds. The van der Waals surface area contributed by atoms with Crippen molar-refractivity contribution in [3.8, 4) is 16.9 Å². The third-order valence-corrected chi connectivity index (χ3v) is 5.38. The highest BCUT2D eigenvalue weighted by molar-refractivity contribution is 7.99. The Morgan fingerprint density at radius 2 is 1.71 bits per heavy atom. The molecule has 6 nitrogen and oxygen atoms in total. The van der Waals surface area contributed by atoms with E-state index in [4.69, 9.17) is 20.8 Å². The number of nitrogens with zero attached hydrogens (tertiary/aromatic N) is 2. The van der Waals surface area contributed by atoms with E-state index in [1.54, 1.807) is 12.1 Å². The third kappa shape index (κ3) is 5.65. The molecule has 0 fully saturated rings. The van der Waals surface area contributed by atoms with Gasteiger partial charge in [0.15, 0.2) is 6.61 Å². The first-order valence-corrected chi connectivity index (χ1v) is 10.8. The first kappa shape index (κ1) is 21.0. The summed E-state index contributed by atoms with van der Waals surface area (Å²) in [6, 6.07) is 24.7. The van der Waals surface area contributed by atoms with Gasteiger partial charge in [0, 0.05) is 11.3 Å². The smallest absolute Gasteiger partial charge is 0.277 e. The summed E-state index contributed by atoms with van der Waals surface area (Å²) in [6.07, 6.45) is 0. The van der Waals surface area contributed by atoms with Gasteiger partial charge in [0.1, 0.15) is 5.75 Å². The minimum atomic E-state index is -0.166. The lowest BCUT2D eigenvalue weighted by molar-refractivity contribution is -0.113. The van der Waals surface area contributed by atoms with Crippen molar-refractivity contribution >= 4 is 35.0 Å². The van der Waals surface area contributed by atoms with Gasteiger partial charge in [-0.15, -0.1) is 10.2 Å². The highest BCUT2D eigenvalue weighted by Crippen LogP contribution is 2.28. The van der Waals surface area contributed by atoms with Crippen molar-refractivity contribution < 1.29 is 13.9 Å². The maximum Gasteiger partial charge on any atom is 0.277 e. The zero-order valence-electron chi connectivity index (χ0n) is 16.3. The molecule has 0 spiro atoms. The van der Waals surface area contributed by atoms with Crippen LogP contribution in [0, 0.1) is 0 Å². The number of carbonyl (C=O) groups is 1. The molecule has 0 bridgehead atoms. The number of benzene rings is 3. The van der Waals surface area contributed by atoms with E-state index in [0.717, 1.165) is 28.6 Å². The number of halogens is 1. The van der Waals surface area contributed by atoms with Gasteiger partial charge in [0.25, 0.3) is 11.1 Å². The molecule has 31 heavy (non-hydrogen) atoms. The molecule has 3 aromatic carbocycles. The number of rotatable bonds is 8. The van der Waals surface area contributed by atoms with Crippen LogP contribution >= 0.6 is 23.4 Å². The molecule has 0 radical (unpaired) electrons. The van der Waals surface area contributed by atoms with E-state index in [1.807, 2.05) is 66.7 Å². The molecule has 1 heterocycles. The fourth-order valence-corrected chi connectivity index (χ4v) is 3.60. The molecule has 0 aliphatic heterocycles. The molecule has 0 unspecified atom stereocenters. The summed E-state index contributed by atoms with van der Waals surface area (Å²) in [6.45, 7) is 0.0912. The van der Waals surface area contributed by atoms with Gasteiger partial charge >= 0.3 is 0 Å². The van der Waals surface area contributed by atoms with Gasteiger partial charge in [-0.2, -0.15) is 0 Å². The molecule has 8 heteroatoms. The fourth-order valence-electron chi connectivity index (χ4n) is 2.83. The predicted octanol–water partition coefficient (Wildman–Crippen LogP) is 5.70. The maximum atomic E-state index is 12.5. The van der Waals surface area contributed by atoms with Crippen molar-refractivity contribution in [1.82, 2.24) is 10.2 Å². The number of thioether (sulfide) groups is 1. The number of carbonyl (C=O) groups excluding carboxylic acids is 1. The van der Waals surface area contributed by atoms with E-state index in [9.17, 15) is 4.79 Å². The highest BCUT2D eigenvalue weighted by atomic mass is 35.5. The largest absolute Gasteiger partial charge is 0.482 e. The Balaban J connectivity index is 1.32. The van der Waals surface area contributed by atoms with Crippen LogP contribution < -0.4 is 10.1 Å². The average molecular weight is 452 g/mol. The van der Waals surface area contributed by atoms with E-state index in [2.05, 4.69) is 15.5 Å². The van der Waals surface area contributed by atoms with Gasteiger partial charge < -0.3 is 14.5 Å². The summed E-state index contributed by atoms with van der Waals surface area (Å²) >= 11 is 7.22. The number of nitrogens with one attached hydrogen (secondary N) is 1. The summed E-state index contributed by atoms with van der Waals surface area (Å²) in [7, 11) is 0. The van der Waals surface area contributed by atoms with Crippen LogP contribution in [0.5, 0.6) is 5.75 Å². The minimum Gasteiger partial charge on any atom is -0.482 e. The molecule has 4 aromatic rings. The summed E-state index contributed by atoms with van der Waals surface area (Å²) < 4.78 is 11.1. The van der Waals surface area contributed by atoms with Gasteiger partial charge in [-0.1, -0.05) is 84.0 Å². The number of ether oxygens (including phenoxy) is 1. The van der Waals surface area contributed by atoms with Crippen molar-refractivity contribution in [1.29, 1.82) is 0 Å². The van der Waals surface area contributed by atoms with Crippen LogP contribution in [0.4, 0.5) is 5.69 Å². The molecule has 0 aliphatic rings. The Bertz CT molecular complexity index is 1170. The number of hydrogen-bond acceptors (Lipinski definition) is 6. The van der Waals surface area contributed by atoms with E-state index in [-0.39, 0.29) is 18.3 Å². The topological polar surface area (TPSA) is 77.2 Å². The summed E-state index contributed by atoms with van der Waals surface area (Å²) in [5, 5.41) is 11.6. The minimum absolute atomic E-state index is 0.0912. The lowest BCUT2D eigenvalue weighted by atomic mass is 10.0. The number of amides is 1. The van der Waals surface area contributed by atoms with E-state index < -0.39 is 0 Å². The van der Waals surface area contributed by atoms with Crippen molar-refractivity contribution in [3.05, 3.63) is 89.8 Å². The van der Waals surface area contributed by atoms with E-state index in [0.29, 0.717) is 21.9 Å². The van der Waals surface area contributed by atoms with Crippen LogP contribution in [0.1, 0.15) is 5.89 Å². The van der Waals surface area contributed by atoms with Crippen molar-refractivity contribution in [3.63, 3.8) is 0 Å². The monoisotopic (exact) mass is 451 g/mol. The molecule has 1 N–H and O–H groups in total. The Labute approximate surface area is 188 Å². The summed E-state index contributed by atoms with van der Waals surface area (Å²) in [5.74, 6) is 0.807. The van der Waals surface area contributed by atoms with Crippen LogP contribution in [-0.4, -0.2) is 21.9 Å². The number of para-hydroxylation sites is 2. The molecular formula is C23H18ClN3O3S. The zero-order chi connectivity index (χ0) is 21.5. The lowest BCUT2D eigenvalue weighted by Crippen LogP contribution is -2.14. The van der Waals surface area contributed by atoms with E-state index in [1.165, 1.54) is 0 Å². The molecule has 0 atom stereocenters. The van der Waals surface area contributed by atoms with Crippen LogP contribution in [0.2, 0.25) is 5.02 Å². The molecule has 0 saturated carbocycles. The van der Waals surface area contributed by atoms with Gasteiger partial charge in [-0.05, 0) is 23.8 Å². The van der Waals surface area contributed by atoms with Crippen molar-refractivity contribution in [2.24, 2.45) is 0 Å². The van der Waals surface area contributed by atoms with Gasteiger partial charge in [-0.3, -0.25) is 4.79 Å². The maximum absolute atomic E-state index is 12.5. The van der Waals surface area contributed by atoms with Crippen LogP contribution in [0.25, 0.3) is 11.1 Å². The SMILES string of the molecule is O=C(CSc1nnc(COc2ccccc2Cl)o1)Nc1ccccc1-c1ccccc1. The zero-order valence-corrected chi connectivity index (χ0v) is 17.9. The second kappa shape index (κ2) is 10.1. The van der Waals surface area contributed by atoms with Crippen LogP contribution in [-0.2, 0) is 11.4 Å². The standard InChI is InChI=1S/C23H18ClN3O3S/c24-18-11-5-7-13-20(18)29-14-22-26-27-23(30-22)31-15-21(28)25-19-12-6-4-10-17(19)16-8-2-1-3-9-16/h1-13H,14-15H2,(H,25,28). The number of anilines is 1. The fraction of sp³-hybridized carbons (Fsp3) is 0.0870. The second-order valence-corrected chi connectivity index (χ2v) is 7.76. The van der Waals surface area contributed by atoms with Gasteiger partial charge in [0.2, 0.25) is 5.91 Å². The van der Waals surface area contributed by atoms with E-state index >= 15 is 0 Å². The second-order valence-electron chi connectivity index (χ2n) is 6.43. The first-order chi connectivity index (χ1) is 15.2. The summed E-state index contributed by atoms with van der Waals surface area (Å²) in [5.41, 5.74) is 2.74. The number of aromatic nitrogens is 2. The molecule has 0 saturated heterocycles. The molecule has 1 aromatic heterocycles. The van der Waals surface area contributed by atoms with Crippen LogP contribution in [0.15, 0.2) is 88.5 Å². The molecule has 156 valence electrons. The first-order valence-electron chi connectivity index (χ1n) is 9.46. The normalized spacial score (nSPS) is 10.6. The molecule has 0 aliphatic carbocycles. The molecule has 4 rings (SSSR count). The Kier molecular flexibility index (Phi) is 6.86. The summed E-state index contributed by atoms with van der Waals surface area (Å²) in [4.78, 5) is 12.5. The molecular weight excluding hydrogens is 434 g/mol. The van der Waals surface area contributed by atoms with Crippen molar-refractivity contribution in [2.45, 2.75) is 11.8 Å². The Morgan fingerprint density at radius 3 is 2.55 bits per heavy atom. The third-order valence-electron chi connectivity index (χ3n) is 4.25. The number of hydrogen-bond donors (Lipinski definition) is 1. The van der Waals surface area contributed by atoms with Crippen LogP contribution in [0.3, 0.4) is 0 Å². The Hall–Kier alpha value is -3.29. The van der Waals surface area contributed by atoms with Gasteiger partial charge in [-0.25, -0.2) is 0 Å². The average Bonchev–Trinajstić information content (AvgIpc) is 3.26.